The Balaban J connectivity index is 3.08. The molecule has 2 N–H and O–H groups in total. The molecule has 0 heterocycles. The number of likely N-dealkylation sites (N-methyl/N-ethyl adjacent to an activating group) is 1. The third-order valence-corrected chi connectivity index (χ3v) is 1.54. The maximum absolute atomic E-state index is 3.66. The fourth-order valence-electron chi connectivity index (χ4n) is 0.865. The monoisotopic (exact) mass is 156 g/mol. The molecule has 0 saturated heterocycles. The number of nitrogens with one attached hydrogen (secondary N) is 2. The summed E-state index contributed by atoms with van der Waals surface area (Å²) in [6, 6.07) is 0.565. The van der Waals surface area contributed by atoms with Crippen molar-refractivity contribution in [3.8, 4) is 0 Å². The second-order valence-corrected chi connectivity index (χ2v) is 2.74. The molecular formula is C9H20N2. The van der Waals surface area contributed by atoms with Crippen LogP contribution in [0.25, 0.3) is 0 Å². The summed E-state index contributed by atoms with van der Waals surface area (Å²) in [7, 11) is 0. The first-order valence-corrected chi connectivity index (χ1v) is 4.36. The fraction of sp³-hybridized carbons (Fsp3) is 0.778. The summed E-state index contributed by atoms with van der Waals surface area (Å²) in [5.41, 5.74) is 0. The average Bonchev–Trinajstić information content (AvgIpc) is 2.01. The van der Waals surface area contributed by atoms with Gasteiger partial charge in [0.2, 0.25) is 0 Å². The van der Waals surface area contributed by atoms with E-state index in [4.69, 9.17) is 0 Å². The number of hydrogen-bond acceptors (Lipinski definition) is 2. The van der Waals surface area contributed by atoms with E-state index in [0.29, 0.717) is 6.04 Å². The molecule has 1 unspecified atom stereocenters. The van der Waals surface area contributed by atoms with Crippen LogP contribution in [0.3, 0.4) is 0 Å². The van der Waals surface area contributed by atoms with Crippen LogP contribution in [0.15, 0.2) is 12.7 Å². The molecule has 0 saturated carbocycles. The van der Waals surface area contributed by atoms with Gasteiger partial charge in [0.05, 0.1) is 0 Å². The normalized spacial score (nSPS) is 12.9. The third-order valence-electron chi connectivity index (χ3n) is 1.54. The minimum atomic E-state index is 0.565. The molecule has 0 spiro atoms. The Kier molecular flexibility index (Phi) is 7.52. The van der Waals surface area contributed by atoms with E-state index in [1.807, 2.05) is 6.08 Å². The smallest absolute Gasteiger partial charge is 0.0164 e. The molecule has 0 aromatic heterocycles. The van der Waals surface area contributed by atoms with Crippen molar-refractivity contribution in [2.24, 2.45) is 0 Å². The maximum atomic E-state index is 3.66. The highest BCUT2D eigenvalue weighted by atomic mass is 15.0. The molecule has 0 amide bonds. The summed E-state index contributed by atoms with van der Waals surface area (Å²) in [4.78, 5) is 0. The molecule has 0 rings (SSSR count). The molecule has 0 radical (unpaired) electrons. The molecular weight excluding hydrogens is 136 g/mol. The van der Waals surface area contributed by atoms with E-state index >= 15 is 0 Å². The summed E-state index contributed by atoms with van der Waals surface area (Å²) in [6.07, 6.45) is 2.99. The molecule has 0 bridgehead atoms. The Hall–Kier alpha value is -0.340. The van der Waals surface area contributed by atoms with Crippen LogP contribution in [0.2, 0.25) is 0 Å². The van der Waals surface area contributed by atoms with Crippen molar-refractivity contribution in [1.29, 1.82) is 0 Å². The van der Waals surface area contributed by atoms with Gasteiger partial charge in [0, 0.05) is 12.6 Å². The lowest BCUT2D eigenvalue weighted by atomic mass is 10.3. The lowest BCUT2D eigenvalue weighted by Crippen LogP contribution is -2.36. The van der Waals surface area contributed by atoms with Crippen molar-refractivity contribution in [2.75, 3.05) is 19.6 Å². The summed E-state index contributed by atoms with van der Waals surface area (Å²) >= 11 is 0. The van der Waals surface area contributed by atoms with Crippen molar-refractivity contribution in [2.45, 2.75) is 26.3 Å². The van der Waals surface area contributed by atoms with Crippen LogP contribution in [0.1, 0.15) is 20.3 Å². The molecule has 66 valence electrons. The molecule has 1 atom stereocenters. The van der Waals surface area contributed by atoms with Gasteiger partial charge in [-0.1, -0.05) is 13.0 Å². The van der Waals surface area contributed by atoms with Crippen LogP contribution in [0.4, 0.5) is 0 Å². The van der Waals surface area contributed by atoms with Crippen molar-refractivity contribution in [3.05, 3.63) is 12.7 Å². The molecule has 2 nitrogen and oxygen atoms in total. The second-order valence-electron chi connectivity index (χ2n) is 2.74. The van der Waals surface area contributed by atoms with E-state index in [2.05, 4.69) is 31.1 Å². The predicted octanol–water partition coefficient (Wildman–Crippen LogP) is 1.15. The van der Waals surface area contributed by atoms with Crippen molar-refractivity contribution in [1.82, 2.24) is 10.6 Å². The van der Waals surface area contributed by atoms with E-state index < -0.39 is 0 Å². The minimum absolute atomic E-state index is 0.565. The second kappa shape index (κ2) is 7.76. The summed E-state index contributed by atoms with van der Waals surface area (Å²) in [5.74, 6) is 0. The molecule has 0 aromatic carbocycles. The van der Waals surface area contributed by atoms with E-state index in [-0.39, 0.29) is 0 Å². The summed E-state index contributed by atoms with van der Waals surface area (Å²) < 4.78 is 0. The van der Waals surface area contributed by atoms with Crippen LogP contribution >= 0.6 is 0 Å². The van der Waals surface area contributed by atoms with Gasteiger partial charge in [-0.25, -0.2) is 0 Å². The first-order valence-electron chi connectivity index (χ1n) is 4.36. The minimum Gasteiger partial charge on any atom is -0.315 e. The zero-order valence-corrected chi connectivity index (χ0v) is 7.69. The van der Waals surface area contributed by atoms with Gasteiger partial charge < -0.3 is 10.6 Å². The molecule has 2 heteroatoms. The third kappa shape index (κ3) is 7.56. The van der Waals surface area contributed by atoms with Crippen LogP contribution in [-0.2, 0) is 0 Å². The maximum Gasteiger partial charge on any atom is 0.0164 e. The molecule has 0 aliphatic carbocycles. The molecule has 0 aliphatic rings. The standard InChI is InChI=1S/C9H20N2/c1-4-6-7-11-9(3)8-10-5-2/h4,9-11H,1,5-8H2,2-3H3. The quantitative estimate of drug-likeness (QED) is 0.427. The average molecular weight is 156 g/mol. The van der Waals surface area contributed by atoms with Crippen LogP contribution in [0, 0.1) is 0 Å². The topological polar surface area (TPSA) is 24.1 Å². The SMILES string of the molecule is C=CCCNC(C)CNCC. The van der Waals surface area contributed by atoms with Crippen LogP contribution in [-0.4, -0.2) is 25.7 Å². The highest BCUT2D eigenvalue weighted by molar-refractivity contribution is 4.70. The van der Waals surface area contributed by atoms with Crippen LogP contribution < -0.4 is 10.6 Å². The van der Waals surface area contributed by atoms with Gasteiger partial charge in [0.15, 0.2) is 0 Å². The van der Waals surface area contributed by atoms with Gasteiger partial charge in [-0.2, -0.15) is 0 Å². The first-order chi connectivity index (χ1) is 5.31. The van der Waals surface area contributed by atoms with Gasteiger partial charge in [-0.05, 0) is 26.4 Å². The lowest BCUT2D eigenvalue weighted by molar-refractivity contribution is 0.514. The lowest BCUT2D eigenvalue weighted by Gasteiger charge is -2.12. The van der Waals surface area contributed by atoms with Gasteiger partial charge in [-0.3, -0.25) is 0 Å². The van der Waals surface area contributed by atoms with Gasteiger partial charge in [0.25, 0.3) is 0 Å². The Morgan fingerprint density at radius 3 is 2.82 bits per heavy atom. The van der Waals surface area contributed by atoms with Crippen molar-refractivity contribution in [3.63, 3.8) is 0 Å². The Morgan fingerprint density at radius 2 is 2.27 bits per heavy atom. The van der Waals surface area contributed by atoms with E-state index in [1.54, 1.807) is 0 Å². The van der Waals surface area contributed by atoms with Crippen LogP contribution in [0.5, 0.6) is 0 Å². The van der Waals surface area contributed by atoms with Gasteiger partial charge in [0.1, 0.15) is 0 Å². The zero-order valence-electron chi connectivity index (χ0n) is 7.69. The Morgan fingerprint density at radius 1 is 1.55 bits per heavy atom. The Labute approximate surface area is 70.1 Å². The highest BCUT2D eigenvalue weighted by Gasteiger charge is 1.96. The van der Waals surface area contributed by atoms with E-state index in [9.17, 15) is 0 Å². The first kappa shape index (κ1) is 10.7. The predicted molar refractivity (Wildman–Crippen MR) is 50.8 cm³/mol. The van der Waals surface area contributed by atoms with Crippen molar-refractivity contribution >= 4 is 0 Å². The molecule has 0 fully saturated rings. The Bertz CT molecular complexity index is 91.6. The van der Waals surface area contributed by atoms with E-state index in [0.717, 1.165) is 26.1 Å². The van der Waals surface area contributed by atoms with E-state index in [1.165, 1.54) is 0 Å². The number of hydrogen-bond donors (Lipinski definition) is 2. The zero-order chi connectivity index (χ0) is 8.53. The molecule has 11 heavy (non-hydrogen) atoms. The van der Waals surface area contributed by atoms with Crippen molar-refractivity contribution < 1.29 is 0 Å². The van der Waals surface area contributed by atoms with Gasteiger partial charge in [-0.15, -0.1) is 6.58 Å². The molecule has 0 aromatic rings. The van der Waals surface area contributed by atoms with Gasteiger partial charge >= 0.3 is 0 Å². The fourth-order valence-corrected chi connectivity index (χ4v) is 0.865. The largest absolute Gasteiger partial charge is 0.315 e. The summed E-state index contributed by atoms with van der Waals surface area (Å²) in [6.45, 7) is 11.1. The summed E-state index contributed by atoms with van der Waals surface area (Å²) in [5, 5.41) is 6.67. The molecule has 0 aliphatic heterocycles. The highest BCUT2D eigenvalue weighted by Crippen LogP contribution is 1.81. The number of rotatable bonds is 7.